The first kappa shape index (κ1) is 17.2. The highest BCUT2D eigenvalue weighted by atomic mass is 16.5. The number of hydrogen-bond donors (Lipinski definition) is 2. The molecule has 0 aromatic rings. The van der Waals surface area contributed by atoms with E-state index < -0.39 is 6.10 Å². The van der Waals surface area contributed by atoms with Crippen LogP contribution in [0.2, 0.25) is 0 Å². The Bertz CT molecular complexity index is 289. The van der Waals surface area contributed by atoms with Crippen molar-refractivity contribution in [3.05, 3.63) is 0 Å². The molecule has 2 saturated heterocycles. The van der Waals surface area contributed by atoms with E-state index in [1.807, 2.05) is 6.92 Å². The van der Waals surface area contributed by atoms with Crippen molar-refractivity contribution < 1.29 is 14.6 Å². The fourth-order valence-electron chi connectivity index (χ4n) is 3.70. The molecule has 0 spiro atoms. The molecule has 5 nitrogen and oxygen atoms in total. The van der Waals surface area contributed by atoms with E-state index in [1.165, 1.54) is 32.1 Å². The van der Waals surface area contributed by atoms with Gasteiger partial charge in [-0.05, 0) is 39.7 Å². The molecule has 2 bridgehead atoms. The molecule has 2 heterocycles. The molecule has 2 fully saturated rings. The fraction of sp³-hybridized carbons (Fsp3) is 1.00. The topological polar surface area (TPSA) is 54.0 Å². The Labute approximate surface area is 129 Å². The molecule has 21 heavy (non-hydrogen) atoms. The number of methoxy groups -OCH3 is 1. The summed E-state index contributed by atoms with van der Waals surface area (Å²) in [5.41, 5.74) is 0. The van der Waals surface area contributed by atoms with Gasteiger partial charge in [0.05, 0.1) is 25.4 Å². The molecule has 0 radical (unpaired) electrons. The largest absolute Gasteiger partial charge is 0.389 e. The van der Waals surface area contributed by atoms with Crippen molar-refractivity contribution >= 4 is 0 Å². The van der Waals surface area contributed by atoms with Crippen LogP contribution in [0.15, 0.2) is 0 Å². The van der Waals surface area contributed by atoms with Crippen molar-refractivity contribution in [2.24, 2.45) is 0 Å². The summed E-state index contributed by atoms with van der Waals surface area (Å²) in [6, 6.07) is 2.00. The maximum Gasteiger partial charge on any atom is 0.0897 e. The van der Waals surface area contributed by atoms with Gasteiger partial charge in [-0.1, -0.05) is 6.42 Å². The molecular weight excluding hydrogens is 268 g/mol. The van der Waals surface area contributed by atoms with Crippen LogP contribution in [0.5, 0.6) is 0 Å². The molecule has 4 atom stereocenters. The van der Waals surface area contributed by atoms with Crippen molar-refractivity contribution in [2.45, 2.75) is 69.4 Å². The van der Waals surface area contributed by atoms with E-state index in [0.717, 1.165) is 12.1 Å². The lowest BCUT2D eigenvalue weighted by atomic mass is 9.82. The first-order valence-electron chi connectivity index (χ1n) is 8.34. The minimum atomic E-state index is -0.441. The lowest BCUT2D eigenvalue weighted by Gasteiger charge is -2.47. The second kappa shape index (κ2) is 8.44. The molecule has 0 aromatic heterocycles. The van der Waals surface area contributed by atoms with Crippen LogP contribution in [0, 0.1) is 0 Å². The van der Waals surface area contributed by atoms with E-state index in [1.54, 1.807) is 7.11 Å². The van der Waals surface area contributed by atoms with Crippen molar-refractivity contribution in [1.29, 1.82) is 0 Å². The maximum atomic E-state index is 10.0. The number of nitrogens with one attached hydrogen (secondary N) is 1. The Morgan fingerprint density at radius 3 is 2.52 bits per heavy atom. The molecule has 5 heteroatoms. The van der Waals surface area contributed by atoms with Crippen LogP contribution < -0.4 is 5.32 Å². The summed E-state index contributed by atoms with van der Waals surface area (Å²) in [6.45, 7) is 3.52. The number of rotatable bonds is 8. The highest BCUT2D eigenvalue weighted by Gasteiger charge is 2.35. The summed E-state index contributed by atoms with van der Waals surface area (Å²) >= 11 is 0. The van der Waals surface area contributed by atoms with Crippen molar-refractivity contribution in [3.63, 3.8) is 0 Å². The smallest absolute Gasteiger partial charge is 0.0897 e. The third kappa shape index (κ3) is 5.18. The molecule has 0 saturated carbocycles. The molecule has 2 N–H and O–H groups in total. The van der Waals surface area contributed by atoms with Crippen molar-refractivity contribution in [1.82, 2.24) is 10.2 Å². The number of hydrogen-bond acceptors (Lipinski definition) is 5. The lowest BCUT2D eigenvalue weighted by molar-refractivity contribution is -0.0331. The van der Waals surface area contributed by atoms with Crippen LogP contribution in [0.1, 0.15) is 39.0 Å². The number of aliphatic hydroxyl groups is 1. The van der Waals surface area contributed by atoms with Gasteiger partial charge in [-0.25, -0.2) is 0 Å². The summed E-state index contributed by atoms with van der Waals surface area (Å²) < 4.78 is 10.6. The molecule has 2 rings (SSSR count). The van der Waals surface area contributed by atoms with Gasteiger partial charge in [0.25, 0.3) is 0 Å². The highest BCUT2D eigenvalue weighted by molar-refractivity contribution is 4.93. The summed E-state index contributed by atoms with van der Waals surface area (Å²) in [5, 5.41) is 13.6. The van der Waals surface area contributed by atoms with E-state index >= 15 is 0 Å². The number of nitrogens with zero attached hydrogens (tertiary/aromatic N) is 1. The zero-order valence-corrected chi connectivity index (χ0v) is 13.8. The molecule has 124 valence electrons. The monoisotopic (exact) mass is 300 g/mol. The number of aliphatic hydroxyl groups excluding tert-OH is 1. The lowest BCUT2D eigenvalue weighted by Crippen LogP contribution is -2.55. The molecule has 0 aliphatic carbocycles. The van der Waals surface area contributed by atoms with E-state index in [-0.39, 0.29) is 6.10 Å². The predicted octanol–water partition coefficient (Wildman–Crippen LogP) is 1.00. The van der Waals surface area contributed by atoms with Gasteiger partial charge in [-0.15, -0.1) is 0 Å². The summed E-state index contributed by atoms with van der Waals surface area (Å²) in [6.07, 6.45) is 6.04. The van der Waals surface area contributed by atoms with Crippen LogP contribution in [-0.4, -0.2) is 74.3 Å². The first-order valence-corrected chi connectivity index (χ1v) is 8.34. The number of ether oxygens (including phenoxy) is 2. The molecule has 4 unspecified atom stereocenters. The van der Waals surface area contributed by atoms with Gasteiger partial charge in [0.1, 0.15) is 0 Å². The quantitative estimate of drug-likeness (QED) is 0.700. The standard InChI is InChI=1S/C16H32N2O3/c1-12(10-20-3)21-11-16(19)9-17-13-7-14-5-4-6-15(8-13)18(14)2/h12-17,19H,4-11H2,1-3H3. The Balaban J connectivity index is 1.64. The first-order chi connectivity index (χ1) is 10.1. The molecule has 2 aliphatic heterocycles. The van der Waals surface area contributed by atoms with Gasteiger partial charge >= 0.3 is 0 Å². The average Bonchev–Trinajstić information content (AvgIpc) is 2.43. The zero-order valence-electron chi connectivity index (χ0n) is 13.8. The van der Waals surface area contributed by atoms with Crippen LogP contribution in [0.3, 0.4) is 0 Å². The van der Waals surface area contributed by atoms with Gasteiger partial charge in [0.15, 0.2) is 0 Å². The van der Waals surface area contributed by atoms with E-state index in [0.29, 0.717) is 25.8 Å². The van der Waals surface area contributed by atoms with Gasteiger partial charge in [-0.3, -0.25) is 0 Å². The zero-order chi connectivity index (χ0) is 15.2. The van der Waals surface area contributed by atoms with Crippen LogP contribution in [0.4, 0.5) is 0 Å². The second-order valence-corrected chi connectivity index (χ2v) is 6.73. The third-order valence-electron chi connectivity index (χ3n) is 4.96. The summed E-state index contributed by atoms with van der Waals surface area (Å²) in [5.74, 6) is 0. The SMILES string of the molecule is COCC(C)OCC(O)CNC1CC2CCCC(C1)N2C. The molecule has 0 aromatic carbocycles. The Kier molecular flexibility index (Phi) is 6.89. The average molecular weight is 300 g/mol. The van der Waals surface area contributed by atoms with Gasteiger partial charge in [-0.2, -0.15) is 0 Å². The van der Waals surface area contributed by atoms with Crippen LogP contribution >= 0.6 is 0 Å². The van der Waals surface area contributed by atoms with Crippen molar-refractivity contribution in [3.8, 4) is 0 Å². The second-order valence-electron chi connectivity index (χ2n) is 6.73. The van der Waals surface area contributed by atoms with E-state index in [9.17, 15) is 5.11 Å². The van der Waals surface area contributed by atoms with E-state index in [4.69, 9.17) is 9.47 Å². The maximum absolute atomic E-state index is 10.0. The molecular formula is C16H32N2O3. The van der Waals surface area contributed by atoms with Crippen LogP contribution in [-0.2, 0) is 9.47 Å². The van der Waals surface area contributed by atoms with Gasteiger partial charge in [0, 0.05) is 31.8 Å². The fourth-order valence-corrected chi connectivity index (χ4v) is 3.70. The minimum absolute atomic E-state index is 0.0346. The normalized spacial score (nSPS) is 32.9. The third-order valence-corrected chi connectivity index (χ3v) is 4.96. The number of fused-ring (bicyclic) bond motifs is 2. The Morgan fingerprint density at radius 1 is 1.24 bits per heavy atom. The minimum Gasteiger partial charge on any atom is -0.389 e. The summed E-state index contributed by atoms with van der Waals surface area (Å²) in [7, 11) is 3.93. The predicted molar refractivity (Wildman–Crippen MR) is 83.5 cm³/mol. The van der Waals surface area contributed by atoms with Crippen molar-refractivity contribution in [2.75, 3.05) is 33.9 Å². The van der Waals surface area contributed by atoms with Gasteiger partial charge in [0.2, 0.25) is 0 Å². The molecule has 2 aliphatic rings. The number of piperidine rings is 2. The summed E-state index contributed by atoms with van der Waals surface area (Å²) in [4.78, 5) is 2.56. The Hall–Kier alpha value is -0.200. The Morgan fingerprint density at radius 2 is 1.90 bits per heavy atom. The highest BCUT2D eigenvalue weighted by Crippen LogP contribution is 2.32. The van der Waals surface area contributed by atoms with Crippen LogP contribution in [0.25, 0.3) is 0 Å². The molecule has 0 amide bonds. The van der Waals surface area contributed by atoms with Gasteiger partial charge < -0.3 is 24.8 Å². The van der Waals surface area contributed by atoms with E-state index in [2.05, 4.69) is 17.3 Å².